The zero-order valence-electron chi connectivity index (χ0n) is 18.4. The van der Waals surface area contributed by atoms with Gasteiger partial charge in [-0.1, -0.05) is 45.9 Å². The fraction of sp³-hybridized carbons (Fsp3) is 0.565. The van der Waals surface area contributed by atoms with E-state index in [-0.39, 0.29) is 24.8 Å². The van der Waals surface area contributed by atoms with Crippen molar-refractivity contribution in [3.8, 4) is 6.07 Å². The SMILES string of the molecule is CC[C@@H](C)c1ccccc1N1C[C@@H](C(=O)OCC(=O)N[C@@](C)(C#N)C(C)C)CC1=O. The number of anilines is 1. The molecule has 162 valence electrons. The molecule has 2 amide bonds. The van der Waals surface area contributed by atoms with Gasteiger partial charge in [-0.25, -0.2) is 0 Å². The number of nitriles is 1. The third-order valence-corrected chi connectivity index (χ3v) is 5.96. The first-order chi connectivity index (χ1) is 14.1. The average Bonchev–Trinajstić information content (AvgIpc) is 3.12. The number of benzene rings is 1. The second kappa shape index (κ2) is 9.75. The van der Waals surface area contributed by atoms with E-state index in [0.717, 1.165) is 17.7 Å². The van der Waals surface area contributed by atoms with Crippen molar-refractivity contribution in [2.75, 3.05) is 18.1 Å². The minimum atomic E-state index is -1.04. The summed E-state index contributed by atoms with van der Waals surface area (Å²) in [6, 6.07) is 9.81. The highest BCUT2D eigenvalue weighted by Crippen LogP contribution is 2.33. The molecule has 1 N–H and O–H groups in total. The van der Waals surface area contributed by atoms with Gasteiger partial charge in [0.1, 0.15) is 5.54 Å². The number of nitrogens with one attached hydrogen (secondary N) is 1. The van der Waals surface area contributed by atoms with Crippen LogP contribution in [0.4, 0.5) is 5.69 Å². The predicted octanol–water partition coefficient (Wildman–Crippen LogP) is 3.15. The van der Waals surface area contributed by atoms with Gasteiger partial charge in [0.15, 0.2) is 6.61 Å². The van der Waals surface area contributed by atoms with Crippen LogP contribution in [-0.2, 0) is 19.1 Å². The van der Waals surface area contributed by atoms with Crippen molar-refractivity contribution >= 4 is 23.5 Å². The minimum Gasteiger partial charge on any atom is -0.455 e. The van der Waals surface area contributed by atoms with E-state index >= 15 is 0 Å². The Morgan fingerprint density at radius 1 is 1.33 bits per heavy atom. The zero-order valence-corrected chi connectivity index (χ0v) is 18.4. The molecule has 3 atom stereocenters. The third kappa shape index (κ3) is 5.18. The van der Waals surface area contributed by atoms with E-state index < -0.39 is 29.9 Å². The van der Waals surface area contributed by atoms with Crippen molar-refractivity contribution in [2.24, 2.45) is 11.8 Å². The normalized spacial score (nSPS) is 19.2. The van der Waals surface area contributed by atoms with Gasteiger partial charge in [-0.05, 0) is 36.8 Å². The molecular weight excluding hydrogens is 382 g/mol. The van der Waals surface area contributed by atoms with Crippen molar-refractivity contribution in [3.05, 3.63) is 29.8 Å². The van der Waals surface area contributed by atoms with E-state index in [0.29, 0.717) is 5.92 Å². The van der Waals surface area contributed by atoms with Gasteiger partial charge >= 0.3 is 5.97 Å². The lowest BCUT2D eigenvalue weighted by Crippen LogP contribution is -2.50. The van der Waals surface area contributed by atoms with Gasteiger partial charge in [0.05, 0.1) is 12.0 Å². The lowest BCUT2D eigenvalue weighted by Gasteiger charge is -2.27. The molecule has 30 heavy (non-hydrogen) atoms. The summed E-state index contributed by atoms with van der Waals surface area (Å²) in [5.41, 5.74) is 0.862. The number of amides is 2. The molecule has 1 aromatic carbocycles. The number of carbonyl (C=O) groups is 3. The highest BCUT2D eigenvalue weighted by atomic mass is 16.5. The fourth-order valence-electron chi connectivity index (χ4n) is 3.35. The molecule has 1 heterocycles. The maximum Gasteiger partial charge on any atom is 0.311 e. The summed E-state index contributed by atoms with van der Waals surface area (Å²) >= 11 is 0. The van der Waals surface area contributed by atoms with Crippen molar-refractivity contribution in [1.82, 2.24) is 5.32 Å². The quantitative estimate of drug-likeness (QED) is 0.660. The summed E-state index contributed by atoms with van der Waals surface area (Å²) in [5.74, 6) is -1.68. The van der Waals surface area contributed by atoms with E-state index in [1.807, 2.05) is 38.1 Å². The van der Waals surface area contributed by atoms with Crippen LogP contribution in [0.3, 0.4) is 0 Å². The van der Waals surface area contributed by atoms with Crippen LogP contribution in [-0.4, -0.2) is 36.5 Å². The number of esters is 1. The van der Waals surface area contributed by atoms with Crippen LogP contribution in [0.15, 0.2) is 24.3 Å². The van der Waals surface area contributed by atoms with E-state index in [4.69, 9.17) is 4.74 Å². The molecule has 0 spiro atoms. The summed E-state index contributed by atoms with van der Waals surface area (Å²) in [6.45, 7) is 9.23. The number of carbonyl (C=O) groups excluding carboxylic acids is 3. The molecule has 1 fully saturated rings. The molecule has 1 aromatic rings. The summed E-state index contributed by atoms with van der Waals surface area (Å²) < 4.78 is 5.15. The monoisotopic (exact) mass is 413 g/mol. The Bertz CT molecular complexity index is 845. The molecule has 0 radical (unpaired) electrons. The van der Waals surface area contributed by atoms with Crippen LogP contribution in [0.25, 0.3) is 0 Å². The van der Waals surface area contributed by atoms with E-state index in [1.165, 1.54) is 0 Å². The summed E-state index contributed by atoms with van der Waals surface area (Å²) in [6.07, 6.45) is 0.995. The Morgan fingerprint density at radius 2 is 2.00 bits per heavy atom. The highest BCUT2D eigenvalue weighted by molar-refractivity contribution is 6.00. The van der Waals surface area contributed by atoms with E-state index in [9.17, 15) is 19.6 Å². The average molecular weight is 414 g/mol. The van der Waals surface area contributed by atoms with Gasteiger partial charge in [-0.2, -0.15) is 5.26 Å². The number of hydrogen-bond donors (Lipinski definition) is 1. The van der Waals surface area contributed by atoms with Gasteiger partial charge in [-0.15, -0.1) is 0 Å². The zero-order chi connectivity index (χ0) is 22.5. The van der Waals surface area contributed by atoms with Crippen molar-refractivity contribution in [1.29, 1.82) is 5.26 Å². The van der Waals surface area contributed by atoms with E-state index in [2.05, 4.69) is 25.2 Å². The fourth-order valence-corrected chi connectivity index (χ4v) is 3.35. The third-order valence-electron chi connectivity index (χ3n) is 5.96. The molecule has 1 aliphatic rings. The smallest absolute Gasteiger partial charge is 0.311 e. The van der Waals surface area contributed by atoms with Crippen LogP contribution in [0.1, 0.15) is 58.9 Å². The van der Waals surface area contributed by atoms with Crippen LogP contribution in [0, 0.1) is 23.2 Å². The predicted molar refractivity (Wildman–Crippen MR) is 114 cm³/mol. The second-order valence-corrected chi connectivity index (χ2v) is 8.40. The lowest BCUT2D eigenvalue weighted by molar-refractivity contribution is -0.152. The molecule has 7 heteroatoms. The van der Waals surface area contributed by atoms with Crippen LogP contribution >= 0.6 is 0 Å². The van der Waals surface area contributed by atoms with Gasteiger partial charge in [0.25, 0.3) is 5.91 Å². The van der Waals surface area contributed by atoms with Gasteiger partial charge < -0.3 is 15.0 Å². The molecule has 1 saturated heterocycles. The number of rotatable bonds is 8. The van der Waals surface area contributed by atoms with Crippen LogP contribution in [0.2, 0.25) is 0 Å². The van der Waals surface area contributed by atoms with Crippen LogP contribution < -0.4 is 10.2 Å². The van der Waals surface area contributed by atoms with Gasteiger partial charge in [0, 0.05) is 18.7 Å². The summed E-state index contributed by atoms with van der Waals surface area (Å²) in [5, 5.41) is 11.9. The van der Waals surface area contributed by atoms with E-state index in [1.54, 1.807) is 11.8 Å². The molecule has 7 nitrogen and oxygen atoms in total. The number of nitrogens with zero attached hydrogens (tertiary/aromatic N) is 2. The lowest BCUT2D eigenvalue weighted by atomic mass is 9.90. The first-order valence-corrected chi connectivity index (χ1v) is 10.4. The molecule has 1 aliphatic heterocycles. The Kier molecular flexibility index (Phi) is 7.60. The Morgan fingerprint density at radius 3 is 2.60 bits per heavy atom. The van der Waals surface area contributed by atoms with Crippen molar-refractivity contribution in [2.45, 2.75) is 58.9 Å². The molecule has 0 aliphatic carbocycles. The number of ether oxygens (including phenoxy) is 1. The first kappa shape index (κ1) is 23.4. The summed E-state index contributed by atoms with van der Waals surface area (Å²) in [7, 11) is 0. The highest BCUT2D eigenvalue weighted by Gasteiger charge is 2.38. The molecular formula is C23H31N3O4. The molecule has 2 rings (SSSR count). The first-order valence-electron chi connectivity index (χ1n) is 10.4. The molecule has 0 saturated carbocycles. The Balaban J connectivity index is 2.00. The van der Waals surface area contributed by atoms with Gasteiger partial charge in [-0.3, -0.25) is 14.4 Å². The second-order valence-electron chi connectivity index (χ2n) is 8.40. The van der Waals surface area contributed by atoms with Crippen molar-refractivity contribution < 1.29 is 19.1 Å². The maximum atomic E-state index is 12.6. The van der Waals surface area contributed by atoms with Gasteiger partial charge in [0.2, 0.25) is 5.91 Å². The topological polar surface area (TPSA) is 99.5 Å². The number of para-hydroxylation sites is 1. The molecule has 0 aromatic heterocycles. The van der Waals surface area contributed by atoms with Crippen molar-refractivity contribution in [3.63, 3.8) is 0 Å². The molecule has 0 bridgehead atoms. The standard InChI is InChI=1S/C23H31N3O4/c1-6-16(4)18-9-7-8-10-19(18)26-12-17(11-21(26)28)22(29)30-13-20(27)25-23(5,14-24)15(2)3/h7-10,15-17H,6,11-13H2,1-5H3,(H,25,27)/t16-,17+,23+/m1/s1. The Hall–Kier alpha value is -2.88. The summed E-state index contributed by atoms with van der Waals surface area (Å²) in [4.78, 5) is 38.8. The number of hydrogen-bond acceptors (Lipinski definition) is 5. The minimum absolute atomic E-state index is 0.0528. The largest absolute Gasteiger partial charge is 0.455 e. The van der Waals surface area contributed by atoms with Crippen LogP contribution in [0.5, 0.6) is 0 Å². The molecule has 0 unspecified atom stereocenters. The Labute approximate surface area is 178 Å². The maximum absolute atomic E-state index is 12.6.